The van der Waals surface area contributed by atoms with Crippen LogP contribution in [0.15, 0.2) is 53.6 Å². The van der Waals surface area contributed by atoms with Gasteiger partial charge in [-0.3, -0.25) is 14.6 Å². The molecule has 0 bridgehead atoms. The topological polar surface area (TPSA) is 130 Å². The highest BCUT2D eigenvalue weighted by Crippen LogP contribution is 2.27. The summed E-state index contributed by atoms with van der Waals surface area (Å²) < 4.78 is 47.5. The molecule has 0 spiro atoms. The predicted octanol–water partition coefficient (Wildman–Crippen LogP) is 3.61. The van der Waals surface area contributed by atoms with E-state index >= 15 is 0 Å². The van der Waals surface area contributed by atoms with Crippen LogP contribution in [0, 0.1) is 5.82 Å². The molecule has 10 nitrogen and oxygen atoms in total. The molecule has 0 aliphatic carbocycles. The summed E-state index contributed by atoms with van der Waals surface area (Å²) in [5.74, 6) is -0.151. The predicted molar refractivity (Wildman–Crippen MR) is 131 cm³/mol. The van der Waals surface area contributed by atoms with Gasteiger partial charge in [0.15, 0.2) is 11.5 Å². The van der Waals surface area contributed by atoms with Crippen LogP contribution in [-0.4, -0.2) is 59.1 Å². The van der Waals surface area contributed by atoms with Crippen LogP contribution in [-0.2, 0) is 14.8 Å². The first-order valence-electron chi connectivity index (χ1n) is 11.0. The number of nitrogens with zero attached hydrogens (tertiary/aromatic N) is 4. The van der Waals surface area contributed by atoms with Crippen molar-refractivity contribution in [3.8, 4) is 17.3 Å². The number of likely N-dealkylation sites (tertiary alicyclic amines) is 1. The van der Waals surface area contributed by atoms with Crippen molar-refractivity contribution in [2.24, 2.45) is 0 Å². The second-order valence-electron chi connectivity index (χ2n) is 8.08. The van der Waals surface area contributed by atoms with Gasteiger partial charge in [0.2, 0.25) is 11.8 Å². The van der Waals surface area contributed by atoms with Crippen LogP contribution in [0.25, 0.3) is 22.4 Å². The van der Waals surface area contributed by atoms with E-state index in [-0.39, 0.29) is 23.2 Å². The smallest absolute Gasteiger partial charge is 0.264 e. The van der Waals surface area contributed by atoms with Crippen LogP contribution in [0.4, 0.5) is 10.1 Å². The molecule has 36 heavy (non-hydrogen) atoms. The van der Waals surface area contributed by atoms with Crippen LogP contribution in [0.1, 0.15) is 12.8 Å². The molecule has 186 valence electrons. The Morgan fingerprint density at radius 1 is 1.17 bits per heavy atom. The lowest BCUT2D eigenvalue weighted by Crippen LogP contribution is -2.29. The van der Waals surface area contributed by atoms with Crippen molar-refractivity contribution in [2.45, 2.75) is 17.7 Å². The number of ether oxygens (including phenoxy) is 1. The normalized spacial score (nSPS) is 13.9. The fraction of sp³-hybridized carbons (Fsp3) is 0.217. The minimum Gasteiger partial charge on any atom is -0.475 e. The van der Waals surface area contributed by atoms with E-state index in [1.807, 2.05) is 0 Å². The van der Waals surface area contributed by atoms with Gasteiger partial charge in [0.05, 0.1) is 12.7 Å². The monoisotopic (exact) mass is 530 g/mol. The first kappa shape index (κ1) is 23.9. The SMILES string of the molecule is O=C1CCCN1CCOc1nc(-c2ccc(NS(=O)(=O)c3cc(Cl)ccc3F)cc2)nc2[nH]ncc12. The van der Waals surface area contributed by atoms with Gasteiger partial charge >= 0.3 is 0 Å². The summed E-state index contributed by atoms with van der Waals surface area (Å²) in [5.41, 5.74) is 1.27. The number of H-pyrrole nitrogens is 1. The molecule has 3 heterocycles. The Hall–Kier alpha value is -3.77. The van der Waals surface area contributed by atoms with E-state index < -0.39 is 20.7 Å². The highest BCUT2D eigenvalue weighted by Gasteiger charge is 2.21. The molecule has 5 rings (SSSR count). The number of hydrogen-bond donors (Lipinski definition) is 2. The molecule has 4 aromatic rings. The second-order valence-corrected chi connectivity index (χ2v) is 10.2. The van der Waals surface area contributed by atoms with Crippen molar-refractivity contribution < 1.29 is 22.3 Å². The van der Waals surface area contributed by atoms with E-state index in [2.05, 4.69) is 24.9 Å². The fourth-order valence-electron chi connectivity index (χ4n) is 3.82. The van der Waals surface area contributed by atoms with E-state index in [0.717, 1.165) is 25.1 Å². The van der Waals surface area contributed by atoms with E-state index in [1.165, 1.54) is 18.2 Å². The maximum absolute atomic E-state index is 14.1. The number of carbonyl (C=O) groups is 1. The number of nitrogens with one attached hydrogen (secondary N) is 2. The molecule has 13 heteroatoms. The molecule has 2 aromatic heterocycles. The molecular formula is C23H20ClFN6O4S. The minimum atomic E-state index is -4.20. The van der Waals surface area contributed by atoms with Crippen molar-refractivity contribution in [1.29, 1.82) is 0 Å². The number of fused-ring (bicyclic) bond motifs is 1. The molecule has 1 aliphatic rings. The zero-order valence-electron chi connectivity index (χ0n) is 18.7. The fourth-order valence-corrected chi connectivity index (χ4v) is 5.22. The maximum atomic E-state index is 14.1. The van der Waals surface area contributed by atoms with Crippen LogP contribution in [0.2, 0.25) is 5.02 Å². The summed E-state index contributed by atoms with van der Waals surface area (Å²) in [5, 5.41) is 7.49. The average molecular weight is 531 g/mol. The van der Waals surface area contributed by atoms with Crippen molar-refractivity contribution >= 4 is 44.3 Å². The van der Waals surface area contributed by atoms with Crippen molar-refractivity contribution in [3.05, 3.63) is 59.5 Å². The third kappa shape index (κ3) is 4.95. The standard InChI is InChI=1S/C23H20ClFN6O4S/c24-15-5-8-18(25)19(12-15)36(33,34)30-16-6-3-14(4-7-16)21-27-22-17(13-26-29-22)23(28-21)35-11-10-31-9-1-2-20(31)32/h3-8,12-13,30H,1-2,9-11H2,(H,26,27,28,29). The van der Waals surface area contributed by atoms with Gasteiger partial charge in [-0.1, -0.05) is 11.6 Å². The molecule has 1 amide bonds. The Labute approximate surface area is 210 Å². The highest BCUT2D eigenvalue weighted by atomic mass is 35.5. The number of amides is 1. The number of benzene rings is 2. The van der Waals surface area contributed by atoms with Gasteiger partial charge in [0.1, 0.15) is 22.7 Å². The van der Waals surface area contributed by atoms with Gasteiger partial charge in [-0.2, -0.15) is 10.1 Å². The number of carbonyl (C=O) groups excluding carboxylic acids is 1. The summed E-state index contributed by atoms with van der Waals surface area (Å²) in [6.45, 7) is 1.45. The largest absolute Gasteiger partial charge is 0.475 e. The number of hydrogen-bond acceptors (Lipinski definition) is 7. The minimum absolute atomic E-state index is 0.100. The molecule has 0 radical (unpaired) electrons. The summed E-state index contributed by atoms with van der Waals surface area (Å²) in [7, 11) is -4.20. The van der Waals surface area contributed by atoms with E-state index in [1.54, 1.807) is 23.2 Å². The molecule has 1 saturated heterocycles. The molecule has 0 atom stereocenters. The molecule has 0 saturated carbocycles. The summed E-state index contributed by atoms with van der Waals surface area (Å²) in [4.78, 5) is 22.0. The third-order valence-corrected chi connectivity index (χ3v) is 7.26. The van der Waals surface area contributed by atoms with Crippen LogP contribution >= 0.6 is 11.6 Å². The Morgan fingerprint density at radius 3 is 2.72 bits per heavy atom. The number of sulfonamides is 1. The van der Waals surface area contributed by atoms with Crippen molar-refractivity contribution in [3.63, 3.8) is 0 Å². The van der Waals surface area contributed by atoms with Gasteiger partial charge < -0.3 is 9.64 Å². The van der Waals surface area contributed by atoms with Crippen molar-refractivity contribution in [1.82, 2.24) is 25.1 Å². The third-order valence-electron chi connectivity index (χ3n) is 5.62. The highest BCUT2D eigenvalue weighted by molar-refractivity contribution is 7.92. The summed E-state index contributed by atoms with van der Waals surface area (Å²) in [6, 6.07) is 9.57. The van der Waals surface area contributed by atoms with Crippen LogP contribution in [0.3, 0.4) is 0 Å². The Bertz CT molecular complexity index is 1540. The van der Waals surface area contributed by atoms with Crippen molar-refractivity contribution in [2.75, 3.05) is 24.4 Å². The van der Waals surface area contributed by atoms with Gasteiger partial charge in [-0.05, 0) is 48.9 Å². The van der Waals surface area contributed by atoms with E-state index in [9.17, 15) is 17.6 Å². The Balaban J connectivity index is 1.35. The number of rotatable bonds is 8. The second kappa shape index (κ2) is 9.70. The Morgan fingerprint density at radius 2 is 1.97 bits per heavy atom. The lowest BCUT2D eigenvalue weighted by atomic mass is 10.2. The molecule has 2 aromatic carbocycles. The number of anilines is 1. The molecule has 0 unspecified atom stereocenters. The number of aromatic amines is 1. The van der Waals surface area contributed by atoms with E-state index in [4.69, 9.17) is 16.3 Å². The molecule has 1 fully saturated rings. The quantitative estimate of drug-likeness (QED) is 0.356. The average Bonchev–Trinajstić information content (AvgIpc) is 3.49. The first-order valence-corrected chi connectivity index (χ1v) is 12.9. The molecule has 2 N–H and O–H groups in total. The maximum Gasteiger partial charge on any atom is 0.264 e. The number of aromatic nitrogens is 4. The summed E-state index contributed by atoms with van der Waals surface area (Å²) in [6.07, 6.45) is 2.97. The van der Waals surface area contributed by atoms with Gasteiger partial charge in [0.25, 0.3) is 10.0 Å². The van der Waals surface area contributed by atoms with E-state index in [0.29, 0.717) is 41.3 Å². The Kier molecular flexibility index (Phi) is 6.46. The van der Waals surface area contributed by atoms with Gasteiger partial charge in [-0.15, -0.1) is 0 Å². The molecule has 1 aliphatic heterocycles. The molecular weight excluding hydrogens is 511 g/mol. The van der Waals surface area contributed by atoms with Gasteiger partial charge in [0, 0.05) is 29.2 Å². The lowest BCUT2D eigenvalue weighted by Gasteiger charge is -2.15. The van der Waals surface area contributed by atoms with Gasteiger partial charge in [-0.25, -0.2) is 17.8 Å². The summed E-state index contributed by atoms with van der Waals surface area (Å²) >= 11 is 5.82. The first-order chi connectivity index (χ1) is 17.3. The van der Waals surface area contributed by atoms with Crippen LogP contribution < -0.4 is 9.46 Å². The van der Waals surface area contributed by atoms with Crippen LogP contribution in [0.5, 0.6) is 5.88 Å². The number of halogens is 2. The zero-order chi connectivity index (χ0) is 25.3. The lowest BCUT2D eigenvalue weighted by molar-refractivity contribution is -0.128. The zero-order valence-corrected chi connectivity index (χ0v) is 20.3.